The molecule has 1 aromatic heterocycles. The molecule has 24 heavy (non-hydrogen) atoms. The van der Waals surface area contributed by atoms with E-state index in [1.54, 1.807) is 16.8 Å². The van der Waals surface area contributed by atoms with Gasteiger partial charge in [0.2, 0.25) is 0 Å². The van der Waals surface area contributed by atoms with Gasteiger partial charge in [0.05, 0.1) is 16.5 Å². The molecule has 0 aliphatic heterocycles. The van der Waals surface area contributed by atoms with Crippen molar-refractivity contribution in [2.24, 2.45) is 0 Å². The van der Waals surface area contributed by atoms with Gasteiger partial charge in [-0.3, -0.25) is 4.79 Å². The second-order valence-electron chi connectivity index (χ2n) is 4.52. The van der Waals surface area contributed by atoms with E-state index in [0.29, 0.717) is 23.1 Å². The lowest BCUT2D eigenvalue weighted by Crippen LogP contribution is -2.30. The number of hydrogen-bond donors (Lipinski definition) is 1. The number of alkyl halides is 3. The molecule has 0 aliphatic carbocycles. The summed E-state index contributed by atoms with van der Waals surface area (Å²) in [6.07, 6.45) is -3.83. The molecule has 10 heteroatoms. The Morgan fingerprint density at radius 3 is 2.50 bits per heavy atom. The minimum absolute atomic E-state index is 0.128. The summed E-state index contributed by atoms with van der Waals surface area (Å²) in [6.45, 7) is 0. The highest BCUT2D eigenvalue weighted by Crippen LogP contribution is 2.32. The number of carbonyl (C=O) groups is 1. The first-order valence-electron chi connectivity index (χ1n) is 6.23. The van der Waals surface area contributed by atoms with E-state index in [0.717, 1.165) is 0 Å². The van der Waals surface area contributed by atoms with Gasteiger partial charge in [-0.15, -0.1) is 0 Å². The van der Waals surface area contributed by atoms with Gasteiger partial charge in [-0.1, -0.05) is 0 Å². The van der Waals surface area contributed by atoms with Crippen molar-refractivity contribution in [3.05, 3.63) is 62.9 Å². The number of carbonyl (C=O) groups excluding carboxylic acids is 1. The number of halogens is 4. The fourth-order valence-corrected chi connectivity index (χ4v) is 3.11. The molecule has 0 saturated heterocycles. The van der Waals surface area contributed by atoms with Crippen LogP contribution in [0.4, 0.5) is 17.6 Å². The van der Waals surface area contributed by atoms with Crippen LogP contribution >= 0.6 is 11.3 Å². The van der Waals surface area contributed by atoms with Crippen molar-refractivity contribution in [2.45, 2.75) is 6.18 Å². The summed E-state index contributed by atoms with van der Waals surface area (Å²) < 4.78 is 76.6. The highest BCUT2D eigenvalue weighted by molar-refractivity contribution is 7.93. The minimum atomic E-state index is -5.01. The summed E-state index contributed by atoms with van der Waals surface area (Å²) >= 11 is 1.31. The fourth-order valence-electron chi connectivity index (χ4n) is 1.71. The maximum absolute atomic E-state index is 13.0. The quantitative estimate of drug-likeness (QED) is 0.825. The second-order valence-corrected chi connectivity index (χ2v) is 6.87. The van der Waals surface area contributed by atoms with Crippen LogP contribution in [-0.2, 0) is 16.2 Å². The van der Waals surface area contributed by atoms with Crippen LogP contribution < -0.4 is 4.72 Å². The number of sulfonamides is 1. The molecule has 128 valence electrons. The van der Waals surface area contributed by atoms with Crippen LogP contribution in [0.25, 0.3) is 6.08 Å². The first-order valence-corrected chi connectivity index (χ1v) is 8.71. The minimum Gasteiger partial charge on any atom is -0.268 e. The molecular formula is C14H9F4NO3S2. The van der Waals surface area contributed by atoms with E-state index in [2.05, 4.69) is 0 Å². The van der Waals surface area contributed by atoms with Crippen molar-refractivity contribution in [2.75, 3.05) is 0 Å². The van der Waals surface area contributed by atoms with Crippen molar-refractivity contribution in [3.8, 4) is 0 Å². The summed E-state index contributed by atoms with van der Waals surface area (Å²) in [5, 5.41) is 3.98. The molecule has 2 aromatic rings. The van der Waals surface area contributed by atoms with Gasteiger partial charge in [0.15, 0.2) is 0 Å². The van der Waals surface area contributed by atoms with Crippen molar-refractivity contribution in [3.63, 3.8) is 0 Å². The Morgan fingerprint density at radius 1 is 1.21 bits per heavy atom. The van der Waals surface area contributed by atoms with Crippen molar-refractivity contribution >= 4 is 33.3 Å². The number of amides is 1. The van der Waals surface area contributed by atoms with Crippen molar-refractivity contribution < 1.29 is 30.8 Å². The molecule has 1 amide bonds. The molecule has 0 bridgehead atoms. The molecule has 0 fully saturated rings. The summed E-state index contributed by atoms with van der Waals surface area (Å²) in [5.41, 5.74) is -2.00. The van der Waals surface area contributed by atoms with Crippen LogP contribution in [0.3, 0.4) is 0 Å². The first-order chi connectivity index (χ1) is 11.1. The standard InChI is InChI=1S/C14H9F4NO3S2/c15-10-1-2-11(12(7-10)14(16,17)18)13(20)19-24(21,22)6-4-9-3-5-23-8-9/h1-8H,(H,19,20). The Bertz CT molecular complexity index is 872. The largest absolute Gasteiger partial charge is 0.417 e. The lowest BCUT2D eigenvalue weighted by molar-refractivity contribution is -0.138. The molecule has 0 aliphatic rings. The molecule has 0 saturated carbocycles. The number of hydrogen-bond acceptors (Lipinski definition) is 4. The predicted octanol–water partition coefficient (Wildman–Crippen LogP) is 3.64. The van der Waals surface area contributed by atoms with Gasteiger partial charge < -0.3 is 0 Å². The molecule has 0 spiro atoms. The number of thiophene rings is 1. The third-order valence-corrected chi connectivity index (χ3v) is 4.42. The van der Waals surface area contributed by atoms with Crippen LogP contribution in [-0.4, -0.2) is 14.3 Å². The summed E-state index contributed by atoms with van der Waals surface area (Å²) in [7, 11) is -4.31. The van der Waals surface area contributed by atoms with E-state index < -0.39 is 39.1 Å². The van der Waals surface area contributed by atoms with E-state index in [1.807, 2.05) is 0 Å². The monoisotopic (exact) mass is 379 g/mol. The Hall–Kier alpha value is -2.20. The van der Waals surface area contributed by atoms with Crippen LogP contribution in [0, 0.1) is 5.82 Å². The average molecular weight is 379 g/mol. The Balaban J connectivity index is 2.27. The smallest absolute Gasteiger partial charge is 0.268 e. The summed E-state index contributed by atoms with van der Waals surface area (Å²) in [5.74, 6) is -2.70. The normalized spacial score (nSPS) is 12.5. The lowest BCUT2D eigenvalue weighted by Gasteiger charge is -2.12. The van der Waals surface area contributed by atoms with Crippen LogP contribution in [0.5, 0.6) is 0 Å². The van der Waals surface area contributed by atoms with Gasteiger partial charge in [-0.2, -0.15) is 24.5 Å². The summed E-state index contributed by atoms with van der Waals surface area (Å²) in [6, 6.07) is 2.95. The van der Waals surface area contributed by atoms with Gasteiger partial charge >= 0.3 is 6.18 Å². The number of rotatable bonds is 4. The van der Waals surface area contributed by atoms with Crippen LogP contribution in [0.2, 0.25) is 0 Å². The van der Waals surface area contributed by atoms with Gasteiger partial charge in [-0.25, -0.2) is 17.5 Å². The van der Waals surface area contributed by atoms with Gasteiger partial charge in [0, 0.05) is 0 Å². The first kappa shape index (κ1) is 18.1. The Morgan fingerprint density at radius 2 is 1.92 bits per heavy atom. The topological polar surface area (TPSA) is 63.2 Å². The Labute approximate surface area is 138 Å². The van der Waals surface area contributed by atoms with E-state index in [4.69, 9.17) is 0 Å². The SMILES string of the molecule is O=C(NS(=O)(=O)C=Cc1ccsc1)c1ccc(F)cc1C(F)(F)F. The zero-order chi connectivity index (χ0) is 18.0. The molecule has 2 rings (SSSR count). The third-order valence-electron chi connectivity index (χ3n) is 2.75. The van der Waals surface area contributed by atoms with E-state index in [9.17, 15) is 30.8 Å². The zero-order valence-electron chi connectivity index (χ0n) is 11.7. The molecule has 1 heterocycles. The maximum atomic E-state index is 13.0. The molecule has 0 atom stereocenters. The number of benzene rings is 1. The number of nitrogens with one attached hydrogen (secondary N) is 1. The van der Waals surface area contributed by atoms with Crippen LogP contribution in [0.1, 0.15) is 21.5 Å². The fraction of sp³-hybridized carbons (Fsp3) is 0.0714. The molecule has 1 aromatic carbocycles. The predicted molar refractivity (Wildman–Crippen MR) is 81.1 cm³/mol. The lowest BCUT2D eigenvalue weighted by atomic mass is 10.1. The average Bonchev–Trinajstić information content (AvgIpc) is 2.97. The molecule has 0 unspecified atom stereocenters. The Kier molecular flexibility index (Phi) is 5.09. The summed E-state index contributed by atoms with van der Waals surface area (Å²) in [4.78, 5) is 11.9. The molecule has 4 nitrogen and oxygen atoms in total. The van der Waals surface area contributed by atoms with Crippen LogP contribution in [0.15, 0.2) is 40.4 Å². The third kappa shape index (κ3) is 4.65. The van der Waals surface area contributed by atoms with Gasteiger partial charge in [0.1, 0.15) is 5.82 Å². The highest BCUT2D eigenvalue weighted by Gasteiger charge is 2.36. The van der Waals surface area contributed by atoms with E-state index >= 15 is 0 Å². The van der Waals surface area contributed by atoms with Crippen molar-refractivity contribution in [1.29, 1.82) is 0 Å². The van der Waals surface area contributed by atoms with E-state index in [1.165, 1.54) is 22.1 Å². The second kappa shape index (κ2) is 6.73. The maximum Gasteiger partial charge on any atom is 0.417 e. The zero-order valence-corrected chi connectivity index (χ0v) is 13.3. The van der Waals surface area contributed by atoms with Crippen molar-refractivity contribution in [1.82, 2.24) is 4.72 Å². The van der Waals surface area contributed by atoms with Gasteiger partial charge in [-0.05, 0) is 46.7 Å². The molecule has 0 radical (unpaired) electrons. The highest BCUT2D eigenvalue weighted by atomic mass is 32.2. The molecule has 1 N–H and O–H groups in total. The van der Waals surface area contributed by atoms with Gasteiger partial charge in [0.25, 0.3) is 15.9 Å². The molecular weight excluding hydrogens is 370 g/mol. The van der Waals surface area contributed by atoms with E-state index in [-0.39, 0.29) is 6.07 Å².